The molecule has 2 rings (SSSR count). The van der Waals surface area contributed by atoms with E-state index in [0.29, 0.717) is 18.1 Å². The van der Waals surface area contributed by atoms with E-state index in [1.54, 1.807) is 0 Å². The molecular formula is C22H39NO2. The number of ether oxygens (including phenoxy) is 1. The zero-order valence-corrected chi connectivity index (χ0v) is 16.4. The van der Waals surface area contributed by atoms with E-state index in [9.17, 15) is 4.79 Å². The van der Waals surface area contributed by atoms with Crippen molar-refractivity contribution in [3.63, 3.8) is 0 Å². The molecule has 1 amide bonds. The van der Waals surface area contributed by atoms with Crippen molar-refractivity contribution in [2.45, 2.75) is 109 Å². The minimum absolute atomic E-state index is 0.385. The number of epoxide rings is 1. The molecule has 0 aromatic heterocycles. The summed E-state index contributed by atoms with van der Waals surface area (Å²) in [7, 11) is 0. The van der Waals surface area contributed by atoms with Gasteiger partial charge < -0.3 is 9.64 Å². The van der Waals surface area contributed by atoms with Gasteiger partial charge in [0.25, 0.3) is 0 Å². The summed E-state index contributed by atoms with van der Waals surface area (Å²) in [5.74, 6) is 0.385. The number of carbonyl (C=O) groups is 1. The van der Waals surface area contributed by atoms with Crippen LogP contribution in [0.3, 0.4) is 0 Å². The fourth-order valence-corrected chi connectivity index (χ4v) is 3.78. The van der Waals surface area contributed by atoms with Crippen LogP contribution in [0.15, 0.2) is 12.2 Å². The topological polar surface area (TPSA) is 32.8 Å². The van der Waals surface area contributed by atoms with Crippen molar-refractivity contribution in [2.24, 2.45) is 0 Å². The Hall–Kier alpha value is -0.830. The summed E-state index contributed by atoms with van der Waals surface area (Å²) in [5.41, 5.74) is 0. The second-order valence-electron chi connectivity index (χ2n) is 7.81. The third kappa shape index (κ3) is 8.89. The van der Waals surface area contributed by atoms with Crippen LogP contribution in [0.5, 0.6) is 0 Å². The fraction of sp³-hybridized carbons (Fsp3) is 0.864. The molecule has 2 fully saturated rings. The largest absolute Gasteiger partial charge is 0.369 e. The molecule has 2 unspecified atom stereocenters. The van der Waals surface area contributed by atoms with E-state index in [0.717, 1.165) is 32.4 Å². The second kappa shape index (κ2) is 12.5. The number of allylic oxidation sites excluding steroid dienone is 1. The van der Waals surface area contributed by atoms with Gasteiger partial charge in [-0.1, -0.05) is 57.6 Å². The highest BCUT2D eigenvalue weighted by atomic mass is 16.6. The smallest absolute Gasteiger partial charge is 0.222 e. The lowest BCUT2D eigenvalue weighted by Crippen LogP contribution is -2.27. The Morgan fingerprint density at radius 2 is 1.72 bits per heavy atom. The Morgan fingerprint density at radius 3 is 2.52 bits per heavy atom. The number of amides is 1. The molecule has 0 saturated carbocycles. The van der Waals surface area contributed by atoms with E-state index < -0.39 is 0 Å². The Labute approximate surface area is 155 Å². The molecule has 0 bridgehead atoms. The van der Waals surface area contributed by atoms with Gasteiger partial charge in [-0.25, -0.2) is 0 Å². The van der Waals surface area contributed by atoms with Gasteiger partial charge in [-0.2, -0.15) is 0 Å². The standard InChI is InChI=1S/C22H39NO2/c1-2-3-10-15-20-21(25-20)16-11-8-6-4-5-7-9-12-17-22(24)23-18-13-14-19-23/h8,11,20-21H,2-7,9-10,12-19H2,1H3/b11-8-. The minimum Gasteiger partial charge on any atom is -0.369 e. The van der Waals surface area contributed by atoms with Gasteiger partial charge in [-0.05, 0) is 44.9 Å². The van der Waals surface area contributed by atoms with Crippen LogP contribution in [0.25, 0.3) is 0 Å². The van der Waals surface area contributed by atoms with Crippen molar-refractivity contribution in [1.82, 2.24) is 4.90 Å². The van der Waals surface area contributed by atoms with Crippen LogP contribution in [0.4, 0.5) is 0 Å². The normalized spacial score (nSPS) is 22.8. The van der Waals surface area contributed by atoms with E-state index in [-0.39, 0.29) is 0 Å². The molecular weight excluding hydrogens is 310 g/mol. The number of hydrogen-bond donors (Lipinski definition) is 0. The fourth-order valence-electron chi connectivity index (χ4n) is 3.78. The predicted molar refractivity (Wildman–Crippen MR) is 105 cm³/mol. The van der Waals surface area contributed by atoms with Crippen LogP contribution in [0.1, 0.15) is 96.8 Å². The van der Waals surface area contributed by atoms with Crippen molar-refractivity contribution in [3.8, 4) is 0 Å². The van der Waals surface area contributed by atoms with E-state index in [2.05, 4.69) is 19.1 Å². The Kier molecular flexibility index (Phi) is 10.3. The highest BCUT2D eigenvalue weighted by Crippen LogP contribution is 2.30. The molecule has 2 atom stereocenters. The number of hydrogen-bond acceptors (Lipinski definition) is 2. The molecule has 144 valence electrons. The molecule has 2 saturated heterocycles. The molecule has 0 radical (unpaired) electrons. The van der Waals surface area contributed by atoms with Crippen LogP contribution in [-0.2, 0) is 9.53 Å². The molecule has 3 heteroatoms. The lowest BCUT2D eigenvalue weighted by Gasteiger charge is -2.14. The first-order valence-electron chi connectivity index (χ1n) is 10.9. The molecule has 0 aromatic carbocycles. The Morgan fingerprint density at radius 1 is 0.960 bits per heavy atom. The molecule has 25 heavy (non-hydrogen) atoms. The minimum atomic E-state index is 0.385. The van der Waals surface area contributed by atoms with Gasteiger partial charge in [-0.3, -0.25) is 4.79 Å². The zero-order valence-electron chi connectivity index (χ0n) is 16.4. The Balaban J connectivity index is 1.32. The highest BCUT2D eigenvalue weighted by molar-refractivity contribution is 5.76. The van der Waals surface area contributed by atoms with Crippen molar-refractivity contribution in [3.05, 3.63) is 12.2 Å². The van der Waals surface area contributed by atoms with Gasteiger partial charge in [0.05, 0.1) is 12.2 Å². The summed E-state index contributed by atoms with van der Waals surface area (Å²) < 4.78 is 5.71. The maximum atomic E-state index is 11.9. The summed E-state index contributed by atoms with van der Waals surface area (Å²) in [6.07, 6.45) is 22.5. The molecule has 0 spiro atoms. The van der Waals surface area contributed by atoms with Gasteiger partial charge in [0.1, 0.15) is 0 Å². The summed E-state index contributed by atoms with van der Waals surface area (Å²) in [6.45, 7) is 4.25. The first-order valence-corrected chi connectivity index (χ1v) is 10.9. The quantitative estimate of drug-likeness (QED) is 0.231. The zero-order chi connectivity index (χ0) is 17.7. The van der Waals surface area contributed by atoms with Crippen LogP contribution in [-0.4, -0.2) is 36.1 Å². The van der Waals surface area contributed by atoms with Crippen molar-refractivity contribution < 1.29 is 9.53 Å². The van der Waals surface area contributed by atoms with Crippen molar-refractivity contribution >= 4 is 5.91 Å². The number of unbranched alkanes of at least 4 members (excludes halogenated alkanes) is 7. The summed E-state index contributed by atoms with van der Waals surface area (Å²) >= 11 is 0. The van der Waals surface area contributed by atoms with Gasteiger partial charge in [-0.15, -0.1) is 0 Å². The van der Waals surface area contributed by atoms with Crippen LogP contribution in [0.2, 0.25) is 0 Å². The first-order chi connectivity index (χ1) is 12.3. The monoisotopic (exact) mass is 349 g/mol. The third-order valence-corrected chi connectivity index (χ3v) is 5.54. The van der Waals surface area contributed by atoms with Gasteiger partial charge in [0.15, 0.2) is 0 Å². The average molecular weight is 350 g/mol. The van der Waals surface area contributed by atoms with Gasteiger partial charge >= 0.3 is 0 Å². The predicted octanol–water partition coefficient (Wildman–Crippen LogP) is 5.63. The maximum absolute atomic E-state index is 11.9. The number of rotatable bonds is 14. The second-order valence-corrected chi connectivity index (χ2v) is 7.81. The van der Waals surface area contributed by atoms with Crippen LogP contribution >= 0.6 is 0 Å². The maximum Gasteiger partial charge on any atom is 0.222 e. The molecule has 3 nitrogen and oxygen atoms in total. The molecule has 0 aromatic rings. The lowest BCUT2D eigenvalue weighted by atomic mass is 10.1. The van der Waals surface area contributed by atoms with Gasteiger partial charge in [0, 0.05) is 19.5 Å². The average Bonchev–Trinajstić information content (AvgIpc) is 3.12. The first kappa shape index (κ1) is 20.5. The third-order valence-electron chi connectivity index (χ3n) is 5.54. The van der Waals surface area contributed by atoms with E-state index in [1.165, 1.54) is 70.6 Å². The number of likely N-dealkylation sites (tertiary alicyclic amines) is 1. The summed E-state index contributed by atoms with van der Waals surface area (Å²) in [4.78, 5) is 14.0. The van der Waals surface area contributed by atoms with Gasteiger partial charge in [0.2, 0.25) is 5.91 Å². The molecule has 2 aliphatic heterocycles. The van der Waals surface area contributed by atoms with Crippen LogP contribution in [0, 0.1) is 0 Å². The Bertz CT molecular complexity index is 387. The number of carbonyl (C=O) groups excluding carboxylic acids is 1. The molecule has 2 heterocycles. The summed E-state index contributed by atoms with van der Waals surface area (Å²) in [5, 5.41) is 0. The molecule has 0 aliphatic carbocycles. The highest BCUT2D eigenvalue weighted by Gasteiger charge is 2.36. The van der Waals surface area contributed by atoms with Crippen molar-refractivity contribution in [1.29, 1.82) is 0 Å². The molecule has 0 N–H and O–H groups in total. The van der Waals surface area contributed by atoms with Crippen LogP contribution < -0.4 is 0 Å². The van der Waals surface area contributed by atoms with E-state index in [1.807, 2.05) is 4.90 Å². The number of nitrogens with zero attached hydrogens (tertiary/aromatic N) is 1. The van der Waals surface area contributed by atoms with Crippen molar-refractivity contribution in [2.75, 3.05) is 13.1 Å². The molecule has 2 aliphatic rings. The van der Waals surface area contributed by atoms with E-state index >= 15 is 0 Å². The SMILES string of the molecule is CCCCCC1OC1C/C=C\CCCCCCCC(=O)N1CCCC1. The van der Waals surface area contributed by atoms with E-state index in [4.69, 9.17) is 4.74 Å². The summed E-state index contributed by atoms with van der Waals surface area (Å²) in [6, 6.07) is 0. The lowest BCUT2D eigenvalue weighted by molar-refractivity contribution is -0.130.